The molecular formula is C14H21NO2. The van der Waals surface area contributed by atoms with Gasteiger partial charge in [-0.1, -0.05) is 0 Å². The monoisotopic (exact) mass is 235 g/mol. The Kier molecular flexibility index (Phi) is 4.68. The molecule has 1 aromatic rings. The molecule has 0 unspecified atom stereocenters. The van der Waals surface area contributed by atoms with Gasteiger partial charge < -0.3 is 9.47 Å². The summed E-state index contributed by atoms with van der Waals surface area (Å²) in [5.41, 5.74) is 0. The lowest BCUT2D eigenvalue weighted by atomic mass is 10.3. The standard InChI is InChI=1S/C14H21NO2/c1-2-16-13-5-7-14(8-6-13)17-12-11-15-9-3-4-10-15/h5-8H,2-4,9-12H2,1H3. The molecule has 2 rings (SSSR count). The highest BCUT2D eigenvalue weighted by molar-refractivity contribution is 5.31. The summed E-state index contributed by atoms with van der Waals surface area (Å²) in [5, 5.41) is 0. The topological polar surface area (TPSA) is 21.7 Å². The molecule has 1 fully saturated rings. The van der Waals surface area contributed by atoms with Crippen LogP contribution in [0.25, 0.3) is 0 Å². The van der Waals surface area contributed by atoms with Gasteiger partial charge >= 0.3 is 0 Å². The number of hydrogen-bond acceptors (Lipinski definition) is 3. The van der Waals surface area contributed by atoms with Crippen LogP contribution in [0.4, 0.5) is 0 Å². The molecule has 0 atom stereocenters. The quantitative estimate of drug-likeness (QED) is 0.756. The first-order valence-electron chi connectivity index (χ1n) is 6.46. The highest BCUT2D eigenvalue weighted by Gasteiger charge is 2.10. The minimum absolute atomic E-state index is 0.704. The summed E-state index contributed by atoms with van der Waals surface area (Å²) in [6.45, 7) is 6.95. The molecule has 3 heteroatoms. The van der Waals surface area contributed by atoms with Gasteiger partial charge in [-0.25, -0.2) is 0 Å². The van der Waals surface area contributed by atoms with E-state index in [1.54, 1.807) is 0 Å². The fourth-order valence-electron chi connectivity index (χ4n) is 2.10. The fraction of sp³-hybridized carbons (Fsp3) is 0.571. The Hall–Kier alpha value is -1.22. The zero-order valence-electron chi connectivity index (χ0n) is 10.5. The van der Waals surface area contributed by atoms with Crippen molar-refractivity contribution >= 4 is 0 Å². The van der Waals surface area contributed by atoms with Gasteiger partial charge in [-0.3, -0.25) is 4.90 Å². The van der Waals surface area contributed by atoms with Crippen LogP contribution in [0.2, 0.25) is 0 Å². The van der Waals surface area contributed by atoms with Gasteiger partial charge in [-0.15, -0.1) is 0 Å². The molecule has 1 aromatic carbocycles. The smallest absolute Gasteiger partial charge is 0.119 e. The molecule has 1 aliphatic heterocycles. The van der Waals surface area contributed by atoms with Crippen LogP contribution in [-0.2, 0) is 0 Å². The molecule has 0 amide bonds. The van der Waals surface area contributed by atoms with Gasteiger partial charge in [-0.05, 0) is 57.1 Å². The van der Waals surface area contributed by atoms with Crippen LogP contribution in [0.15, 0.2) is 24.3 Å². The third kappa shape index (κ3) is 3.93. The van der Waals surface area contributed by atoms with E-state index in [1.165, 1.54) is 25.9 Å². The van der Waals surface area contributed by atoms with E-state index in [1.807, 2.05) is 31.2 Å². The number of benzene rings is 1. The Bertz CT molecular complexity index is 317. The number of ether oxygens (including phenoxy) is 2. The molecule has 0 spiro atoms. The van der Waals surface area contributed by atoms with E-state index in [0.717, 1.165) is 24.7 Å². The fourth-order valence-corrected chi connectivity index (χ4v) is 2.10. The summed E-state index contributed by atoms with van der Waals surface area (Å²) < 4.78 is 11.1. The van der Waals surface area contributed by atoms with E-state index in [2.05, 4.69) is 4.90 Å². The molecule has 1 saturated heterocycles. The second-order valence-corrected chi connectivity index (χ2v) is 4.30. The lowest BCUT2D eigenvalue weighted by Crippen LogP contribution is -2.25. The summed E-state index contributed by atoms with van der Waals surface area (Å²) >= 11 is 0. The molecule has 0 N–H and O–H groups in total. The molecule has 0 aliphatic carbocycles. The van der Waals surface area contributed by atoms with Crippen LogP contribution in [-0.4, -0.2) is 37.7 Å². The summed E-state index contributed by atoms with van der Waals surface area (Å²) in [4.78, 5) is 2.45. The van der Waals surface area contributed by atoms with Gasteiger partial charge in [0.1, 0.15) is 18.1 Å². The third-order valence-corrected chi connectivity index (χ3v) is 3.01. The van der Waals surface area contributed by atoms with E-state index >= 15 is 0 Å². The average Bonchev–Trinajstić information content (AvgIpc) is 2.85. The van der Waals surface area contributed by atoms with E-state index in [0.29, 0.717) is 6.61 Å². The number of hydrogen-bond donors (Lipinski definition) is 0. The first kappa shape index (κ1) is 12.2. The first-order chi connectivity index (χ1) is 8.38. The molecule has 17 heavy (non-hydrogen) atoms. The predicted octanol–water partition coefficient (Wildman–Crippen LogP) is 2.56. The largest absolute Gasteiger partial charge is 0.494 e. The average molecular weight is 235 g/mol. The molecule has 1 heterocycles. The van der Waals surface area contributed by atoms with Gasteiger partial charge in [-0.2, -0.15) is 0 Å². The van der Waals surface area contributed by atoms with Gasteiger partial charge in [0, 0.05) is 6.54 Å². The van der Waals surface area contributed by atoms with Crippen molar-refractivity contribution in [1.82, 2.24) is 4.90 Å². The predicted molar refractivity (Wildman–Crippen MR) is 68.8 cm³/mol. The second-order valence-electron chi connectivity index (χ2n) is 4.30. The van der Waals surface area contributed by atoms with Crippen LogP contribution in [0.1, 0.15) is 19.8 Å². The Labute approximate surface area is 103 Å². The lowest BCUT2D eigenvalue weighted by molar-refractivity contribution is 0.237. The normalized spacial score (nSPS) is 16.1. The van der Waals surface area contributed by atoms with Crippen LogP contribution in [0, 0.1) is 0 Å². The minimum Gasteiger partial charge on any atom is -0.494 e. The molecule has 1 aliphatic rings. The van der Waals surface area contributed by atoms with Crippen LogP contribution < -0.4 is 9.47 Å². The van der Waals surface area contributed by atoms with E-state index < -0.39 is 0 Å². The summed E-state index contributed by atoms with van der Waals surface area (Å²) in [6, 6.07) is 7.84. The van der Waals surface area contributed by atoms with Gasteiger partial charge in [0.2, 0.25) is 0 Å². The summed E-state index contributed by atoms with van der Waals surface area (Å²) in [6.07, 6.45) is 2.67. The SMILES string of the molecule is CCOc1ccc(OCCN2CCCC2)cc1. The van der Waals surface area contributed by atoms with Crippen molar-refractivity contribution in [3.63, 3.8) is 0 Å². The third-order valence-electron chi connectivity index (χ3n) is 3.01. The molecule has 0 saturated carbocycles. The van der Waals surface area contributed by atoms with Crippen LogP contribution in [0.3, 0.4) is 0 Å². The summed E-state index contributed by atoms with van der Waals surface area (Å²) in [5.74, 6) is 1.83. The van der Waals surface area contributed by atoms with Crippen molar-refractivity contribution in [3.8, 4) is 11.5 Å². The Morgan fingerprint density at radius 3 is 2.18 bits per heavy atom. The van der Waals surface area contributed by atoms with E-state index in [-0.39, 0.29) is 0 Å². The van der Waals surface area contributed by atoms with Gasteiger partial charge in [0.15, 0.2) is 0 Å². The van der Waals surface area contributed by atoms with Gasteiger partial charge in [0.05, 0.1) is 6.61 Å². The lowest BCUT2D eigenvalue weighted by Gasteiger charge is -2.15. The van der Waals surface area contributed by atoms with Crippen molar-refractivity contribution in [3.05, 3.63) is 24.3 Å². The maximum atomic E-state index is 5.70. The maximum absolute atomic E-state index is 5.70. The molecule has 3 nitrogen and oxygen atoms in total. The summed E-state index contributed by atoms with van der Waals surface area (Å²) in [7, 11) is 0. The maximum Gasteiger partial charge on any atom is 0.119 e. The van der Waals surface area contributed by atoms with Crippen molar-refractivity contribution in [1.29, 1.82) is 0 Å². The van der Waals surface area contributed by atoms with Crippen LogP contribution in [0.5, 0.6) is 11.5 Å². The van der Waals surface area contributed by atoms with Crippen molar-refractivity contribution < 1.29 is 9.47 Å². The molecular weight excluding hydrogens is 214 g/mol. The Balaban J connectivity index is 1.70. The Morgan fingerprint density at radius 1 is 1.00 bits per heavy atom. The van der Waals surface area contributed by atoms with Crippen molar-refractivity contribution in [2.24, 2.45) is 0 Å². The number of likely N-dealkylation sites (tertiary alicyclic amines) is 1. The zero-order valence-corrected chi connectivity index (χ0v) is 10.5. The van der Waals surface area contributed by atoms with Gasteiger partial charge in [0.25, 0.3) is 0 Å². The van der Waals surface area contributed by atoms with E-state index in [4.69, 9.17) is 9.47 Å². The van der Waals surface area contributed by atoms with Crippen molar-refractivity contribution in [2.75, 3.05) is 32.8 Å². The second kappa shape index (κ2) is 6.50. The van der Waals surface area contributed by atoms with E-state index in [9.17, 15) is 0 Å². The molecule has 94 valence electrons. The first-order valence-corrected chi connectivity index (χ1v) is 6.46. The van der Waals surface area contributed by atoms with Crippen LogP contribution >= 0.6 is 0 Å². The Morgan fingerprint density at radius 2 is 1.59 bits per heavy atom. The zero-order chi connectivity index (χ0) is 11.9. The molecule has 0 aromatic heterocycles. The highest BCUT2D eigenvalue weighted by atomic mass is 16.5. The molecule has 0 bridgehead atoms. The highest BCUT2D eigenvalue weighted by Crippen LogP contribution is 2.17. The molecule has 0 radical (unpaired) electrons. The van der Waals surface area contributed by atoms with Crippen molar-refractivity contribution in [2.45, 2.75) is 19.8 Å². The number of rotatable bonds is 6. The number of nitrogens with zero attached hydrogens (tertiary/aromatic N) is 1. The minimum atomic E-state index is 0.704.